The van der Waals surface area contributed by atoms with E-state index in [1.165, 1.54) is 18.3 Å². The molecule has 204 valence electrons. The lowest BCUT2D eigenvalue weighted by Crippen LogP contribution is -2.36. The van der Waals surface area contributed by atoms with E-state index in [9.17, 15) is 39.2 Å². The highest BCUT2D eigenvalue weighted by Crippen LogP contribution is 2.32. The van der Waals surface area contributed by atoms with Crippen molar-refractivity contribution >= 4 is 60.6 Å². The van der Waals surface area contributed by atoms with Crippen LogP contribution in [0.4, 0.5) is 40.7 Å². The van der Waals surface area contributed by atoms with Gasteiger partial charge < -0.3 is 15.5 Å². The maximum atomic E-state index is 14.7. The Morgan fingerprint density at radius 3 is 2.16 bits per heavy atom. The molecule has 3 aromatic rings. The maximum Gasteiger partial charge on any atom is 0.492 e. The Morgan fingerprint density at radius 2 is 1.61 bits per heavy atom. The van der Waals surface area contributed by atoms with E-state index in [0.717, 1.165) is 6.33 Å². The fourth-order valence-electron chi connectivity index (χ4n) is 2.71. The van der Waals surface area contributed by atoms with Crippen LogP contribution in [0.15, 0.2) is 52.6 Å². The van der Waals surface area contributed by atoms with Gasteiger partial charge in [0.15, 0.2) is 9.84 Å². The Kier molecular flexibility index (Phi) is 8.10. The molecule has 0 fully saturated rings. The highest BCUT2D eigenvalue weighted by molar-refractivity contribution is 7.91. The van der Waals surface area contributed by atoms with Gasteiger partial charge in [-0.2, -0.15) is 13.2 Å². The summed E-state index contributed by atoms with van der Waals surface area (Å²) in [7, 11) is -9.00. The number of rotatable bonds is 8. The lowest BCUT2D eigenvalue weighted by molar-refractivity contribution is -0.219. The zero-order valence-corrected chi connectivity index (χ0v) is 21.4. The van der Waals surface area contributed by atoms with Crippen LogP contribution in [0.25, 0.3) is 0 Å². The third kappa shape index (κ3) is 6.82. The number of halogens is 5. The van der Waals surface area contributed by atoms with E-state index in [1.807, 2.05) is 0 Å². The second-order valence-electron chi connectivity index (χ2n) is 7.24. The molecule has 2 N–H and O–H groups in total. The van der Waals surface area contributed by atoms with Gasteiger partial charge in [-0.05, 0) is 28.7 Å². The number of nitrogens with one attached hydrogen (secondary N) is 2. The molecule has 0 aliphatic heterocycles. The van der Waals surface area contributed by atoms with Crippen LogP contribution in [-0.4, -0.2) is 61.7 Å². The van der Waals surface area contributed by atoms with Gasteiger partial charge in [0.2, 0.25) is 0 Å². The standard InChI is InChI=1S/C19H15ClF4N6O6S2/c1-30(36-18(31)19(22,23)24)38(34,35)13-6-12(14(5-11(13)21)37(2,32)33)28-16-7-17(27-9-26-16)29-15-4-3-10(20)8-25-15/h3-9H,1-2H3,(H2,25,26,27,28,29). The van der Waals surface area contributed by atoms with Crippen LogP contribution in [0, 0.1) is 5.82 Å². The highest BCUT2D eigenvalue weighted by Gasteiger charge is 2.44. The third-order valence-electron chi connectivity index (χ3n) is 4.41. The molecule has 0 saturated heterocycles. The van der Waals surface area contributed by atoms with Gasteiger partial charge in [-0.3, -0.25) is 0 Å². The number of hydrogen-bond donors (Lipinski definition) is 2. The molecule has 0 saturated carbocycles. The summed E-state index contributed by atoms with van der Waals surface area (Å²) in [5, 5.41) is 5.69. The average molecular weight is 599 g/mol. The zero-order chi connectivity index (χ0) is 28.5. The molecule has 0 radical (unpaired) electrons. The molecule has 2 aromatic heterocycles. The van der Waals surface area contributed by atoms with Gasteiger partial charge in [0.05, 0.1) is 15.6 Å². The Labute approximate surface area is 217 Å². The van der Waals surface area contributed by atoms with Crippen molar-refractivity contribution in [1.29, 1.82) is 0 Å². The SMILES string of the molecule is CN(OC(=O)C(F)(F)F)S(=O)(=O)c1cc(Nc2cc(Nc3ccc(Cl)cn3)ncn2)c(S(C)(=O)=O)cc1F. The number of benzene rings is 1. The van der Waals surface area contributed by atoms with E-state index >= 15 is 0 Å². The van der Waals surface area contributed by atoms with E-state index < -0.39 is 57.8 Å². The predicted octanol–water partition coefficient (Wildman–Crippen LogP) is 3.20. The monoisotopic (exact) mass is 598 g/mol. The van der Waals surface area contributed by atoms with Crippen LogP contribution in [0.3, 0.4) is 0 Å². The van der Waals surface area contributed by atoms with Gasteiger partial charge in [0.25, 0.3) is 10.0 Å². The Bertz CT molecular complexity index is 1590. The topological polar surface area (TPSA) is 161 Å². The molecule has 0 atom stereocenters. The summed E-state index contributed by atoms with van der Waals surface area (Å²) in [5.41, 5.74) is -0.516. The molecule has 19 heteroatoms. The quantitative estimate of drug-likeness (QED) is 0.289. The summed E-state index contributed by atoms with van der Waals surface area (Å²) >= 11 is 5.78. The fraction of sp³-hybridized carbons (Fsp3) is 0.158. The minimum absolute atomic E-state index is 0.104. The molecule has 0 aliphatic carbocycles. The van der Waals surface area contributed by atoms with Crippen LogP contribution in [0.1, 0.15) is 0 Å². The summed E-state index contributed by atoms with van der Waals surface area (Å²) in [4.78, 5) is 24.6. The number of pyridine rings is 1. The van der Waals surface area contributed by atoms with Gasteiger partial charge in [0.1, 0.15) is 34.5 Å². The molecule has 3 rings (SSSR count). The molecule has 0 unspecified atom stereocenters. The van der Waals surface area contributed by atoms with Crippen molar-refractivity contribution in [2.24, 2.45) is 0 Å². The summed E-state index contributed by atoms with van der Waals surface area (Å²) in [5.74, 6) is -4.17. The van der Waals surface area contributed by atoms with Gasteiger partial charge >= 0.3 is 12.1 Å². The molecule has 38 heavy (non-hydrogen) atoms. The molecule has 2 heterocycles. The van der Waals surface area contributed by atoms with Gasteiger partial charge in [-0.25, -0.2) is 41.0 Å². The number of nitrogens with zero attached hydrogens (tertiary/aromatic N) is 4. The van der Waals surface area contributed by atoms with E-state index in [4.69, 9.17) is 11.6 Å². The molecular formula is C19H15ClF4N6O6S2. The summed E-state index contributed by atoms with van der Waals surface area (Å²) in [6.45, 7) is 0. The number of aromatic nitrogens is 3. The average Bonchev–Trinajstić information content (AvgIpc) is 2.80. The number of hydroxylamine groups is 1. The first-order chi connectivity index (χ1) is 17.5. The predicted molar refractivity (Wildman–Crippen MR) is 124 cm³/mol. The lowest BCUT2D eigenvalue weighted by Gasteiger charge is -2.19. The number of alkyl halides is 3. The second-order valence-corrected chi connectivity index (χ2v) is 11.6. The Hall–Kier alpha value is -3.61. The molecule has 0 spiro atoms. The summed E-state index contributed by atoms with van der Waals surface area (Å²) < 4.78 is 102. The van der Waals surface area contributed by atoms with Gasteiger partial charge in [-0.1, -0.05) is 11.6 Å². The number of carbonyl (C=O) groups is 1. The first-order valence-electron chi connectivity index (χ1n) is 9.78. The smallest absolute Gasteiger partial charge is 0.345 e. The summed E-state index contributed by atoms with van der Waals surface area (Å²) in [6, 6.07) is 5.16. The normalized spacial score (nSPS) is 12.3. The molecule has 1 aromatic carbocycles. The van der Waals surface area contributed by atoms with Crippen molar-refractivity contribution in [1.82, 2.24) is 19.4 Å². The second kappa shape index (κ2) is 10.6. The third-order valence-corrected chi connectivity index (χ3v) is 7.39. The number of hydrogen-bond acceptors (Lipinski definition) is 11. The minimum Gasteiger partial charge on any atom is -0.345 e. The number of anilines is 4. The molecular weight excluding hydrogens is 584 g/mol. The van der Waals surface area contributed by atoms with E-state index in [1.54, 1.807) is 6.07 Å². The van der Waals surface area contributed by atoms with Crippen LogP contribution in [0.5, 0.6) is 0 Å². The van der Waals surface area contributed by atoms with Crippen LogP contribution < -0.4 is 10.6 Å². The fourth-order valence-corrected chi connectivity index (χ4v) is 4.66. The van der Waals surface area contributed by atoms with Crippen molar-refractivity contribution in [3.8, 4) is 0 Å². The number of sulfonamides is 1. The number of carbonyl (C=O) groups excluding carboxylic acids is 1. The first-order valence-corrected chi connectivity index (χ1v) is 13.5. The van der Waals surface area contributed by atoms with Gasteiger partial charge in [-0.15, -0.1) is 0 Å². The van der Waals surface area contributed by atoms with Crippen molar-refractivity contribution < 1.29 is 44.0 Å². The van der Waals surface area contributed by atoms with Crippen molar-refractivity contribution in [2.75, 3.05) is 23.9 Å². The van der Waals surface area contributed by atoms with E-state index in [-0.39, 0.29) is 11.6 Å². The number of sulfone groups is 1. The van der Waals surface area contributed by atoms with Crippen molar-refractivity contribution in [3.05, 3.63) is 53.7 Å². The Balaban J connectivity index is 2.01. The van der Waals surface area contributed by atoms with Gasteiger partial charge in [0, 0.05) is 25.6 Å². The van der Waals surface area contributed by atoms with Crippen LogP contribution >= 0.6 is 11.6 Å². The van der Waals surface area contributed by atoms with Crippen LogP contribution in [0.2, 0.25) is 5.02 Å². The van der Waals surface area contributed by atoms with E-state index in [0.29, 0.717) is 36.3 Å². The lowest BCUT2D eigenvalue weighted by atomic mass is 10.3. The first kappa shape index (κ1) is 29.0. The molecule has 0 aliphatic rings. The molecule has 0 bridgehead atoms. The largest absolute Gasteiger partial charge is 0.492 e. The van der Waals surface area contributed by atoms with Crippen LogP contribution in [-0.2, 0) is 29.5 Å². The highest BCUT2D eigenvalue weighted by atomic mass is 35.5. The maximum absolute atomic E-state index is 14.7. The molecule has 0 amide bonds. The van der Waals surface area contributed by atoms with E-state index in [2.05, 4.69) is 30.4 Å². The van der Waals surface area contributed by atoms with Crippen molar-refractivity contribution in [2.45, 2.75) is 16.0 Å². The van der Waals surface area contributed by atoms with Crippen molar-refractivity contribution in [3.63, 3.8) is 0 Å². The molecule has 12 nitrogen and oxygen atoms in total. The minimum atomic E-state index is -5.55. The summed E-state index contributed by atoms with van der Waals surface area (Å²) in [6.07, 6.45) is -2.44. The zero-order valence-electron chi connectivity index (χ0n) is 19.0. The Morgan fingerprint density at radius 1 is 0.974 bits per heavy atom.